The molecule has 0 radical (unpaired) electrons. The molecule has 3 nitrogen and oxygen atoms in total. The Balaban J connectivity index is 2.31. The van der Waals surface area contributed by atoms with Crippen molar-refractivity contribution in [2.24, 2.45) is 0 Å². The molecule has 1 aromatic carbocycles. The van der Waals surface area contributed by atoms with E-state index >= 15 is 0 Å². The lowest BCUT2D eigenvalue weighted by Crippen LogP contribution is -2.25. The Labute approximate surface area is 108 Å². The van der Waals surface area contributed by atoms with Gasteiger partial charge in [-0.05, 0) is 25.0 Å². The highest BCUT2D eigenvalue weighted by molar-refractivity contribution is 5.51. The van der Waals surface area contributed by atoms with Gasteiger partial charge in [0, 0.05) is 13.2 Å². The van der Waals surface area contributed by atoms with Gasteiger partial charge in [0.15, 0.2) is 0 Å². The van der Waals surface area contributed by atoms with Crippen LogP contribution in [0.25, 0.3) is 0 Å². The molecule has 0 amide bonds. The average molecular weight is 255 g/mol. The lowest BCUT2D eigenvalue weighted by atomic mass is 10.2. The third kappa shape index (κ3) is 5.02. The molecule has 102 valence electrons. The van der Waals surface area contributed by atoms with Crippen LogP contribution in [0.5, 0.6) is 0 Å². The van der Waals surface area contributed by atoms with Gasteiger partial charge >= 0.3 is 0 Å². The summed E-state index contributed by atoms with van der Waals surface area (Å²) in [5, 5.41) is 12.6. The van der Waals surface area contributed by atoms with E-state index in [0.29, 0.717) is 12.3 Å². The number of ether oxygens (including phenoxy) is 1. The lowest BCUT2D eigenvalue weighted by Gasteiger charge is -2.15. The Morgan fingerprint density at radius 1 is 1.44 bits per heavy atom. The van der Waals surface area contributed by atoms with Gasteiger partial charge in [-0.2, -0.15) is 0 Å². The van der Waals surface area contributed by atoms with E-state index in [1.165, 1.54) is 6.07 Å². The largest absolute Gasteiger partial charge is 0.389 e. The molecule has 0 bridgehead atoms. The molecule has 0 saturated carbocycles. The predicted octanol–water partition coefficient (Wildman–Crippen LogP) is 2.72. The van der Waals surface area contributed by atoms with Gasteiger partial charge < -0.3 is 15.2 Å². The van der Waals surface area contributed by atoms with E-state index in [2.05, 4.69) is 12.2 Å². The quantitative estimate of drug-likeness (QED) is 0.702. The maximum absolute atomic E-state index is 13.5. The molecular weight excluding hydrogens is 233 g/mol. The van der Waals surface area contributed by atoms with Crippen molar-refractivity contribution in [2.75, 3.05) is 25.1 Å². The number of hydrogen-bond acceptors (Lipinski definition) is 3. The molecule has 0 aliphatic carbocycles. The van der Waals surface area contributed by atoms with Crippen molar-refractivity contribution in [3.63, 3.8) is 0 Å². The van der Waals surface area contributed by atoms with Crippen LogP contribution in [0.15, 0.2) is 18.2 Å². The van der Waals surface area contributed by atoms with E-state index in [4.69, 9.17) is 4.74 Å². The number of nitrogens with one attached hydrogen (secondary N) is 1. The normalized spacial score (nSPS) is 12.4. The molecule has 18 heavy (non-hydrogen) atoms. The van der Waals surface area contributed by atoms with Crippen molar-refractivity contribution >= 4 is 5.69 Å². The number of unbranched alkanes of at least 4 members (excludes halogenated alkanes) is 1. The van der Waals surface area contributed by atoms with Crippen LogP contribution >= 0.6 is 0 Å². The van der Waals surface area contributed by atoms with Gasteiger partial charge in [0.1, 0.15) is 5.82 Å². The Morgan fingerprint density at radius 2 is 2.22 bits per heavy atom. The fourth-order valence-corrected chi connectivity index (χ4v) is 1.60. The summed E-state index contributed by atoms with van der Waals surface area (Å²) in [6, 6.07) is 4.90. The molecule has 4 heteroatoms. The Kier molecular flexibility index (Phi) is 6.68. The molecule has 1 unspecified atom stereocenters. The van der Waals surface area contributed by atoms with Gasteiger partial charge in [0.25, 0.3) is 0 Å². The summed E-state index contributed by atoms with van der Waals surface area (Å²) in [7, 11) is 0. The number of halogens is 1. The van der Waals surface area contributed by atoms with E-state index in [0.717, 1.165) is 18.4 Å². The number of anilines is 1. The third-order valence-electron chi connectivity index (χ3n) is 2.69. The van der Waals surface area contributed by atoms with Crippen LogP contribution in [0.4, 0.5) is 10.1 Å². The molecule has 1 aromatic rings. The number of hydrogen-bond donors (Lipinski definition) is 2. The van der Waals surface area contributed by atoms with Gasteiger partial charge in [0.2, 0.25) is 0 Å². The Hall–Kier alpha value is -1.13. The second-order valence-corrected chi connectivity index (χ2v) is 4.39. The van der Waals surface area contributed by atoms with Crippen molar-refractivity contribution in [3.05, 3.63) is 29.6 Å². The topological polar surface area (TPSA) is 41.5 Å². The monoisotopic (exact) mass is 255 g/mol. The minimum absolute atomic E-state index is 0.278. The minimum atomic E-state index is -0.624. The number of aryl methyl sites for hydroxylation is 1. The number of aliphatic hydroxyl groups is 1. The van der Waals surface area contributed by atoms with Crippen molar-refractivity contribution in [1.82, 2.24) is 0 Å². The van der Waals surface area contributed by atoms with Crippen LogP contribution in [0.2, 0.25) is 0 Å². The highest BCUT2D eigenvalue weighted by atomic mass is 19.1. The van der Waals surface area contributed by atoms with E-state index in [-0.39, 0.29) is 19.0 Å². The predicted molar refractivity (Wildman–Crippen MR) is 71.4 cm³/mol. The maximum atomic E-state index is 13.5. The summed E-state index contributed by atoms with van der Waals surface area (Å²) in [6.45, 7) is 5.14. The van der Waals surface area contributed by atoms with Crippen molar-refractivity contribution in [1.29, 1.82) is 0 Å². The highest BCUT2D eigenvalue weighted by Crippen LogP contribution is 2.18. The number of para-hydroxylation sites is 1. The van der Waals surface area contributed by atoms with Crippen molar-refractivity contribution in [2.45, 2.75) is 32.8 Å². The molecule has 1 rings (SSSR count). The first-order valence-corrected chi connectivity index (χ1v) is 6.40. The highest BCUT2D eigenvalue weighted by Gasteiger charge is 2.08. The molecule has 0 spiro atoms. The average Bonchev–Trinajstić information content (AvgIpc) is 2.34. The summed E-state index contributed by atoms with van der Waals surface area (Å²) in [4.78, 5) is 0. The molecule has 0 aromatic heterocycles. The van der Waals surface area contributed by atoms with E-state index in [1.807, 2.05) is 13.0 Å². The second kappa shape index (κ2) is 8.06. The molecule has 2 N–H and O–H groups in total. The van der Waals surface area contributed by atoms with Gasteiger partial charge in [-0.3, -0.25) is 0 Å². The van der Waals surface area contributed by atoms with Gasteiger partial charge in [-0.15, -0.1) is 0 Å². The first-order chi connectivity index (χ1) is 8.65. The zero-order valence-corrected chi connectivity index (χ0v) is 11.1. The zero-order chi connectivity index (χ0) is 13.4. The number of benzene rings is 1. The molecule has 0 aliphatic heterocycles. The summed E-state index contributed by atoms with van der Waals surface area (Å²) in [5.74, 6) is -0.297. The van der Waals surface area contributed by atoms with Gasteiger partial charge in [0.05, 0.1) is 18.4 Å². The summed E-state index contributed by atoms with van der Waals surface area (Å²) in [5.41, 5.74) is 1.28. The fourth-order valence-electron chi connectivity index (χ4n) is 1.60. The van der Waals surface area contributed by atoms with Crippen LogP contribution in [0.3, 0.4) is 0 Å². The van der Waals surface area contributed by atoms with E-state index < -0.39 is 6.10 Å². The SMILES string of the molecule is CCCCOCC(O)CNc1c(C)cccc1F. The third-order valence-corrected chi connectivity index (χ3v) is 2.69. The first-order valence-electron chi connectivity index (χ1n) is 6.40. The summed E-state index contributed by atoms with van der Waals surface area (Å²) < 4.78 is 18.8. The molecule has 0 saturated heterocycles. The fraction of sp³-hybridized carbons (Fsp3) is 0.571. The summed E-state index contributed by atoms with van der Waals surface area (Å²) in [6.07, 6.45) is 1.44. The smallest absolute Gasteiger partial charge is 0.146 e. The number of rotatable bonds is 8. The van der Waals surface area contributed by atoms with Crippen molar-refractivity contribution in [3.8, 4) is 0 Å². The number of aliphatic hydroxyl groups excluding tert-OH is 1. The molecule has 1 atom stereocenters. The minimum Gasteiger partial charge on any atom is -0.389 e. The Bertz CT molecular complexity index is 337. The van der Waals surface area contributed by atoms with Crippen LogP contribution < -0.4 is 5.32 Å². The van der Waals surface area contributed by atoms with Crippen LogP contribution in [-0.2, 0) is 4.74 Å². The molecule has 0 fully saturated rings. The van der Waals surface area contributed by atoms with Crippen LogP contribution in [0.1, 0.15) is 25.3 Å². The first kappa shape index (κ1) is 14.9. The van der Waals surface area contributed by atoms with Crippen LogP contribution in [-0.4, -0.2) is 31.0 Å². The van der Waals surface area contributed by atoms with Gasteiger partial charge in [-0.25, -0.2) is 4.39 Å². The molecule has 0 heterocycles. The maximum Gasteiger partial charge on any atom is 0.146 e. The standard InChI is InChI=1S/C14H22FNO2/c1-3-4-8-18-10-12(17)9-16-14-11(2)6-5-7-13(14)15/h5-7,12,16-17H,3-4,8-10H2,1-2H3. The van der Waals surface area contributed by atoms with Crippen molar-refractivity contribution < 1.29 is 14.2 Å². The van der Waals surface area contributed by atoms with E-state index in [9.17, 15) is 9.50 Å². The zero-order valence-electron chi connectivity index (χ0n) is 11.1. The van der Waals surface area contributed by atoms with Gasteiger partial charge in [-0.1, -0.05) is 25.5 Å². The van der Waals surface area contributed by atoms with E-state index in [1.54, 1.807) is 6.07 Å². The second-order valence-electron chi connectivity index (χ2n) is 4.39. The van der Waals surface area contributed by atoms with Crippen LogP contribution in [0, 0.1) is 12.7 Å². The summed E-state index contributed by atoms with van der Waals surface area (Å²) >= 11 is 0. The lowest BCUT2D eigenvalue weighted by molar-refractivity contribution is 0.0421. The Morgan fingerprint density at radius 3 is 2.89 bits per heavy atom. The molecular formula is C14H22FNO2. The molecule has 0 aliphatic rings.